The second-order valence-corrected chi connectivity index (χ2v) is 5.73. The van der Waals surface area contributed by atoms with Crippen molar-refractivity contribution < 1.29 is 0 Å². The topological polar surface area (TPSA) is 12.0 Å². The maximum absolute atomic E-state index is 3.68. The fourth-order valence-corrected chi connectivity index (χ4v) is 2.48. The van der Waals surface area contributed by atoms with E-state index in [1.807, 2.05) is 0 Å². The van der Waals surface area contributed by atoms with Gasteiger partial charge in [0, 0.05) is 10.5 Å². The highest BCUT2D eigenvalue weighted by atomic mass is 79.9. The van der Waals surface area contributed by atoms with E-state index in [0.29, 0.717) is 12.0 Å². The molecule has 1 aromatic rings. The summed E-state index contributed by atoms with van der Waals surface area (Å²) in [6.07, 6.45) is 2.38. The van der Waals surface area contributed by atoms with Crippen molar-refractivity contribution in [2.24, 2.45) is 5.92 Å². The van der Waals surface area contributed by atoms with Gasteiger partial charge in [0.05, 0.1) is 0 Å². The van der Waals surface area contributed by atoms with Gasteiger partial charge in [-0.15, -0.1) is 0 Å². The largest absolute Gasteiger partial charge is 0.310 e. The van der Waals surface area contributed by atoms with Crippen molar-refractivity contribution in [3.05, 3.63) is 33.8 Å². The fraction of sp³-hybridized carbons (Fsp3) is 0.600. The van der Waals surface area contributed by atoms with Gasteiger partial charge in [-0.2, -0.15) is 0 Å². The van der Waals surface area contributed by atoms with Gasteiger partial charge >= 0.3 is 0 Å². The number of rotatable bonds is 6. The highest BCUT2D eigenvalue weighted by molar-refractivity contribution is 9.10. The molecule has 0 amide bonds. The predicted molar refractivity (Wildman–Crippen MR) is 79.4 cm³/mol. The van der Waals surface area contributed by atoms with Crippen LogP contribution in [-0.4, -0.2) is 6.54 Å². The first-order valence-corrected chi connectivity index (χ1v) is 7.38. The van der Waals surface area contributed by atoms with E-state index in [9.17, 15) is 0 Å². The number of halogens is 1. The van der Waals surface area contributed by atoms with Crippen molar-refractivity contribution >= 4 is 15.9 Å². The van der Waals surface area contributed by atoms with Crippen LogP contribution in [0.15, 0.2) is 22.7 Å². The van der Waals surface area contributed by atoms with E-state index in [1.54, 1.807) is 0 Å². The van der Waals surface area contributed by atoms with Crippen molar-refractivity contribution in [1.82, 2.24) is 5.32 Å². The van der Waals surface area contributed by atoms with Crippen LogP contribution in [0.25, 0.3) is 0 Å². The molecule has 0 spiro atoms. The van der Waals surface area contributed by atoms with E-state index in [1.165, 1.54) is 28.4 Å². The Morgan fingerprint density at radius 3 is 2.59 bits per heavy atom. The standard InChI is InChI=1S/C15H24BrN/c1-5-9-17-15(11(3)6-2)14-10-13(16)8-7-12(14)4/h7-8,10-11,15,17H,5-6,9H2,1-4H3. The third-order valence-electron chi connectivity index (χ3n) is 3.40. The second kappa shape index (κ2) is 7.17. The van der Waals surface area contributed by atoms with E-state index < -0.39 is 0 Å². The minimum absolute atomic E-state index is 0.470. The number of aryl methyl sites for hydroxylation is 1. The molecule has 0 radical (unpaired) electrons. The first-order valence-electron chi connectivity index (χ1n) is 6.59. The molecule has 0 heterocycles. The summed E-state index contributed by atoms with van der Waals surface area (Å²) in [4.78, 5) is 0. The summed E-state index contributed by atoms with van der Waals surface area (Å²) in [7, 11) is 0. The van der Waals surface area contributed by atoms with Crippen molar-refractivity contribution in [1.29, 1.82) is 0 Å². The van der Waals surface area contributed by atoms with Crippen molar-refractivity contribution in [3.8, 4) is 0 Å². The van der Waals surface area contributed by atoms with Crippen LogP contribution in [0.4, 0.5) is 0 Å². The molecule has 0 aliphatic rings. The van der Waals surface area contributed by atoms with Gasteiger partial charge in [-0.25, -0.2) is 0 Å². The molecule has 0 aliphatic carbocycles. The van der Waals surface area contributed by atoms with Crippen molar-refractivity contribution in [2.45, 2.75) is 46.6 Å². The molecule has 17 heavy (non-hydrogen) atoms. The third-order valence-corrected chi connectivity index (χ3v) is 3.90. The van der Waals surface area contributed by atoms with Gasteiger partial charge in [0.25, 0.3) is 0 Å². The van der Waals surface area contributed by atoms with Crippen LogP contribution in [-0.2, 0) is 0 Å². The zero-order valence-corrected chi connectivity index (χ0v) is 13.0. The Kier molecular flexibility index (Phi) is 6.21. The van der Waals surface area contributed by atoms with Gasteiger partial charge in [-0.05, 0) is 49.1 Å². The predicted octanol–water partition coefficient (Wildman–Crippen LogP) is 4.84. The molecule has 1 nitrogen and oxygen atoms in total. The van der Waals surface area contributed by atoms with Gasteiger partial charge < -0.3 is 5.32 Å². The highest BCUT2D eigenvalue weighted by Gasteiger charge is 2.18. The van der Waals surface area contributed by atoms with E-state index in [4.69, 9.17) is 0 Å². The van der Waals surface area contributed by atoms with Crippen molar-refractivity contribution in [2.75, 3.05) is 6.54 Å². The average molecular weight is 298 g/mol. The number of nitrogens with one attached hydrogen (secondary N) is 1. The van der Waals surface area contributed by atoms with E-state index >= 15 is 0 Å². The molecule has 0 aliphatic heterocycles. The Morgan fingerprint density at radius 2 is 2.00 bits per heavy atom. The lowest BCUT2D eigenvalue weighted by Crippen LogP contribution is -2.28. The summed E-state index contributed by atoms with van der Waals surface area (Å²) in [5.41, 5.74) is 2.81. The third kappa shape index (κ3) is 4.11. The molecule has 0 aromatic heterocycles. The lowest BCUT2D eigenvalue weighted by molar-refractivity contribution is 0.376. The smallest absolute Gasteiger partial charge is 0.0348 e. The fourth-order valence-electron chi connectivity index (χ4n) is 2.10. The van der Waals surface area contributed by atoms with Gasteiger partial charge in [-0.1, -0.05) is 49.2 Å². The second-order valence-electron chi connectivity index (χ2n) is 4.82. The van der Waals surface area contributed by atoms with E-state index in [2.05, 4.69) is 67.1 Å². The van der Waals surface area contributed by atoms with Gasteiger partial charge in [0.2, 0.25) is 0 Å². The van der Waals surface area contributed by atoms with Crippen LogP contribution in [0, 0.1) is 12.8 Å². The van der Waals surface area contributed by atoms with Crippen LogP contribution in [0.2, 0.25) is 0 Å². The molecular formula is C15H24BrN. The molecule has 2 heteroatoms. The normalized spacial score (nSPS) is 14.6. The maximum Gasteiger partial charge on any atom is 0.0348 e. The summed E-state index contributed by atoms with van der Waals surface area (Å²) in [6.45, 7) is 10.1. The Bertz CT molecular complexity index is 349. The SMILES string of the molecule is CCCNC(c1cc(Br)ccc1C)C(C)CC. The zero-order valence-electron chi connectivity index (χ0n) is 11.4. The summed E-state index contributed by atoms with van der Waals surface area (Å²) in [5, 5.41) is 3.68. The molecule has 96 valence electrons. The van der Waals surface area contributed by atoms with Crippen LogP contribution in [0.5, 0.6) is 0 Å². The molecule has 0 saturated heterocycles. The monoisotopic (exact) mass is 297 g/mol. The molecule has 2 atom stereocenters. The Morgan fingerprint density at radius 1 is 1.29 bits per heavy atom. The molecule has 1 N–H and O–H groups in total. The molecule has 0 bridgehead atoms. The lowest BCUT2D eigenvalue weighted by atomic mass is 9.90. The van der Waals surface area contributed by atoms with Crippen LogP contribution in [0.3, 0.4) is 0 Å². The Labute approximate surface area is 114 Å². The Hall–Kier alpha value is -0.340. The highest BCUT2D eigenvalue weighted by Crippen LogP contribution is 2.29. The Balaban J connectivity index is 2.98. The van der Waals surface area contributed by atoms with Crippen LogP contribution in [0.1, 0.15) is 50.8 Å². The van der Waals surface area contributed by atoms with Crippen LogP contribution < -0.4 is 5.32 Å². The molecular weight excluding hydrogens is 274 g/mol. The minimum Gasteiger partial charge on any atom is -0.310 e. The summed E-state index contributed by atoms with van der Waals surface area (Å²) in [6, 6.07) is 7.04. The molecule has 0 saturated carbocycles. The van der Waals surface area contributed by atoms with Gasteiger partial charge in [0.1, 0.15) is 0 Å². The quantitative estimate of drug-likeness (QED) is 0.792. The van der Waals surface area contributed by atoms with E-state index in [0.717, 1.165) is 6.54 Å². The molecule has 1 aromatic carbocycles. The van der Waals surface area contributed by atoms with E-state index in [-0.39, 0.29) is 0 Å². The molecule has 2 unspecified atom stereocenters. The first-order chi connectivity index (χ1) is 8.10. The lowest BCUT2D eigenvalue weighted by Gasteiger charge is -2.26. The summed E-state index contributed by atoms with van der Waals surface area (Å²) >= 11 is 3.58. The van der Waals surface area contributed by atoms with Crippen LogP contribution >= 0.6 is 15.9 Å². The number of benzene rings is 1. The summed E-state index contributed by atoms with van der Waals surface area (Å²) < 4.78 is 1.17. The first kappa shape index (κ1) is 14.7. The van der Waals surface area contributed by atoms with Crippen molar-refractivity contribution in [3.63, 3.8) is 0 Å². The minimum atomic E-state index is 0.470. The number of hydrogen-bond donors (Lipinski definition) is 1. The summed E-state index contributed by atoms with van der Waals surface area (Å²) in [5.74, 6) is 0.662. The zero-order chi connectivity index (χ0) is 12.8. The molecule has 1 rings (SSSR count). The maximum atomic E-state index is 3.68. The number of hydrogen-bond acceptors (Lipinski definition) is 1. The average Bonchev–Trinajstić information content (AvgIpc) is 2.33. The van der Waals surface area contributed by atoms with Gasteiger partial charge in [0.15, 0.2) is 0 Å². The molecule has 0 fully saturated rings. The van der Waals surface area contributed by atoms with Gasteiger partial charge in [-0.3, -0.25) is 0 Å².